The number of sulfone groups is 1. The topological polar surface area (TPSA) is 88.2 Å². The van der Waals surface area contributed by atoms with E-state index in [9.17, 15) is 13.2 Å². The number of rotatable bonds is 4. The standard InChI is InChI=1S/C13H15N3O3S/c1-20(18,19)9-8-14-13(17)16-12-7-6-10-4-2-3-5-11(10)15-12/h2-7H,8-9H2,1H3,(H2,14,15,16,17). The zero-order valence-electron chi connectivity index (χ0n) is 11.0. The van der Waals surface area contributed by atoms with Crippen LogP contribution in [0.4, 0.5) is 10.6 Å². The van der Waals surface area contributed by atoms with Crippen LogP contribution in [0, 0.1) is 0 Å². The van der Waals surface area contributed by atoms with Gasteiger partial charge in [0.15, 0.2) is 0 Å². The fourth-order valence-corrected chi connectivity index (χ4v) is 2.12. The molecule has 0 radical (unpaired) electrons. The third kappa shape index (κ3) is 4.20. The Bertz CT molecular complexity index is 728. The van der Waals surface area contributed by atoms with Crippen LogP contribution in [0.15, 0.2) is 36.4 Å². The molecule has 0 aliphatic heterocycles. The van der Waals surface area contributed by atoms with Crippen molar-refractivity contribution >= 4 is 32.6 Å². The molecule has 20 heavy (non-hydrogen) atoms. The largest absolute Gasteiger partial charge is 0.337 e. The Morgan fingerprint density at radius 3 is 2.70 bits per heavy atom. The number of nitrogens with one attached hydrogen (secondary N) is 2. The molecule has 0 aliphatic rings. The van der Waals surface area contributed by atoms with Crippen LogP contribution in [0.2, 0.25) is 0 Å². The molecular weight excluding hydrogens is 278 g/mol. The molecule has 1 aromatic heterocycles. The van der Waals surface area contributed by atoms with Gasteiger partial charge in [-0.05, 0) is 18.2 Å². The molecule has 0 saturated heterocycles. The van der Waals surface area contributed by atoms with Gasteiger partial charge in [-0.2, -0.15) is 0 Å². The second-order valence-electron chi connectivity index (χ2n) is 4.40. The predicted octanol–water partition coefficient (Wildman–Crippen LogP) is 1.40. The summed E-state index contributed by atoms with van der Waals surface area (Å²) in [6.07, 6.45) is 1.12. The van der Waals surface area contributed by atoms with Gasteiger partial charge in [0.25, 0.3) is 0 Å². The number of aromatic nitrogens is 1. The van der Waals surface area contributed by atoms with Crippen molar-refractivity contribution in [1.29, 1.82) is 0 Å². The van der Waals surface area contributed by atoms with Crippen LogP contribution in [0.5, 0.6) is 0 Å². The molecule has 2 aromatic rings. The zero-order valence-corrected chi connectivity index (χ0v) is 11.8. The molecule has 0 unspecified atom stereocenters. The molecule has 7 heteroatoms. The first-order chi connectivity index (χ1) is 9.44. The average Bonchev–Trinajstić information content (AvgIpc) is 2.37. The fraction of sp³-hybridized carbons (Fsp3) is 0.231. The Hall–Kier alpha value is -2.15. The SMILES string of the molecule is CS(=O)(=O)CCNC(=O)Nc1ccc2ccccc2n1. The van der Waals surface area contributed by atoms with E-state index in [1.165, 1.54) is 0 Å². The monoisotopic (exact) mass is 293 g/mol. The molecule has 0 fully saturated rings. The smallest absolute Gasteiger partial charge is 0.320 e. The lowest BCUT2D eigenvalue weighted by molar-refractivity contribution is 0.252. The van der Waals surface area contributed by atoms with Crippen molar-refractivity contribution in [1.82, 2.24) is 10.3 Å². The van der Waals surface area contributed by atoms with E-state index in [1.807, 2.05) is 30.3 Å². The molecule has 0 aliphatic carbocycles. The zero-order chi connectivity index (χ0) is 14.6. The summed E-state index contributed by atoms with van der Waals surface area (Å²) in [5, 5.41) is 6.01. The molecule has 106 valence electrons. The highest BCUT2D eigenvalue weighted by Gasteiger charge is 2.06. The molecule has 0 bridgehead atoms. The summed E-state index contributed by atoms with van der Waals surface area (Å²) >= 11 is 0. The number of hydrogen-bond donors (Lipinski definition) is 2. The van der Waals surface area contributed by atoms with Gasteiger partial charge in [-0.25, -0.2) is 18.2 Å². The van der Waals surface area contributed by atoms with Gasteiger partial charge in [-0.3, -0.25) is 5.32 Å². The number of benzene rings is 1. The van der Waals surface area contributed by atoms with E-state index in [1.54, 1.807) is 6.07 Å². The van der Waals surface area contributed by atoms with Crippen molar-refractivity contribution in [2.75, 3.05) is 23.9 Å². The molecule has 1 heterocycles. The molecule has 0 spiro atoms. The van der Waals surface area contributed by atoms with E-state index in [0.717, 1.165) is 17.2 Å². The number of carbonyl (C=O) groups is 1. The maximum atomic E-state index is 11.6. The minimum atomic E-state index is -3.08. The summed E-state index contributed by atoms with van der Waals surface area (Å²) in [7, 11) is -3.08. The van der Waals surface area contributed by atoms with Gasteiger partial charge in [0, 0.05) is 18.2 Å². The van der Waals surface area contributed by atoms with E-state index in [-0.39, 0.29) is 12.3 Å². The summed E-state index contributed by atoms with van der Waals surface area (Å²) < 4.78 is 21.9. The maximum absolute atomic E-state index is 11.6. The minimum absolute atomic E-state index is 0.0677. The minimum Gasteiger partial charge on any atom is -0.337 e. The Morgan fingerprint density at radius 2 is 1.95 bits per heavy atom. The van der Waals surface area contributed by atoms with E-state index < -0.39 is 15.9 Å². The number of hydrogen-bond acceptors (Lipinski definition) is 4. The van der Waals surface area contributed by atoms with Gasteiger partial charge in [0.1, 0.15) is 15.7 Å². The third-order valence-electron chi connectivity index (χ3n) is 2.60. The lowest BCUT2D eigenvalue weighted by Crippen LogP contribution is -2.32. The molecule has 0 saturated carbocycles. The normalized spacial score (nSPS) is 11.2. The Balaban J connectivity index is 1.96. The van der Waals surface area contributed by atoms with Crippen molar-refractivity contribution in [3.63, 3.8) is 0 Å². The summed E-state index contributed by atoms with van der Waals surface area (Å²) in [4.78, 5) is 15.9. The van der Waals surface area contributed by atoms with Crippen molar-refractivity contribution in [3.8, 4) is 0 Å². The first-order valence-electron chi connectivity index (χ1n) is 6.02. The Labute approximate surface area is 117 Å². The molecule has 2 rings (SSSR count). The van der Waals surface area contributed by atoms with Gasteiger partial charge >= 0.3 is 6.03 Å². The number of nitrogens with zero attached hydrogens (tertiary/aromatic N) is 1. The van der Waals surface area contributed by atoms with E-state index in [4.69, 9.17) is 0 Å². The van der Waals surface area contributed by atoms with Gasteiger partial charge in [0.05, 0.1) is 11.3 Å². The van der Waals surface area contributed by atoms with Crippen LogP contribution < -0.4 is 10.6 Å². The summed E-state index contributed by atoms with van der Waals surface area (Å²) in [5.74, 6) is 0.325. The second-order valence-corrected chi connectivity index (χ2v) is 6.66. The lowest BCUT2D eigenvalue weighted by Gasteiger charge is -2.07. The number of anilines is 1. The van der Waals surface area contributed by atoms with Crippen LogP contribution in [0.1, 0.15) is 0 Å². The second kappa shape index (κ2) is 5.87. The highest BCUT2D eigenvalue weighted by atomic mass is 32.2. The van der Waals surface area contributed by atoms with Gasteiger partial charge < -0.3 is 5.32 Å². The molecule has 0 atom stereocenters. The maximum Gasteiger partial charge on any atom is 0.320 e. The number of fused-ring (bicyclic) bond motifs is 1. The summed E-state index contributed by atoms with van der Waals surface area (Å²) in [6.45, 7) is 0.0677. The summed E-state index contributed by atoms with van der Waals surface area (Å²) in [6, 6.07) is 10.6. The third-order valence-corrected chi connectivity index (χ3v) is 3.54. The predicted molar refractivity (Wildman–Crippen MR) is 78.5 cm³/mol. The van der Waals surface area contributed by atoms with Crippen molar-refractivity contribution in [2.24, 2.45) is 0 Å². The first-order valence-corrected chi connectivity index (χ1v) is 8.08. The van der Waals surface area contributed by atoms with Crippen molar-refractivity contribution in [3.05, 3.63) is 36.4 Å². The number of para-hydroxylation sites is 1. The highest BCUT2D eigenvalue weighted by molar-refractivity contribution is 7.90. The highest BCUT2D eigenvalue weighted by Crippen LogP contribution is 2.14. The molecule has 6 nitrogen and oxygen atoms in total. The fourth-order valence-electron chi connectivity index (χ4n) is 1.65. The van der Waals surface area contributed by atoms with Gasteiger partial charge in [-0.15, -0.1) is 0 Å². The number of carbonyl (C=O) groups excluding carboxylic acids is 1. The summed E-state index contributed by atoms with van der Waals surface area (Å²) in [5.41, 5.74) is 0.779. The number of urea groups is 1. The van der Waals surface area contributed by atoms with E-state index in [2.05, 4.69) is 15.6 Å². The number of amides is 2. The average molecular weight is 293 g/mol. The lowest BCUT2D eigenvalue weighted by atomic mass is 10.2. The van der Waals surface area contributed by atoms with Crippen LogP contribution in [-0.4, -0.2) is 38.0 Å². The first kappa shape index (κ1) is 14.3. The van der Waals surface area contributed by atoms with Gasteiger partial charge in [-0.1, -0.05) is 18.2 Å². The Kier molecular flexibility index (Phi) is 4.19. The quantitative estimate of drug-likeness (QED) is 0.892. The molecule has 2 N–H and O–H groups in total. The molecule has 1 aromatic carbocycles. The number of pyridine rings is 1. The molecule has 2 amide bonds. The van der Waals surface area contributed by atoms with Crippen LogP contribution in [-0.2, 0) is 9.84 Å². The van der Waals surface area contributed by atoms with Gasteiger partial charge in [0.2, 0.25) is 0 Å². The van der Waals surface area contributed by atoms with Crippen LogP contribution in [0.25, 0.3) is 10.9 Å². The Morgan fingerprint density at radius 1 is 1.20 bits per heavy atom. The van der Waals surface area contributed by atoms with E-state index >= 15 is 0 Å². The van der Waals surface area contributed by atoms with Crippen LogP contribution >= 0.6 is 0 Å². The van der Waals surface area contributed by atoms with E-state index in [0.29, 0.717) is 5.82 Å². The van der Waals surface area contributed by atoms with Crippen LogP contribution in [0.3, 0.4) is 0 Å². The van der Waals surface area contributed by atoms with Crippen molar-refractivity contribution < 1.29 is 13.2 Å². The molecular formula is C13H15N3O3S. The van der Waals surface area contributed by atoms with Crippen molar-refractivity contribution in [2.45, 2.75) is 0 Å².